The van der Waals surface area contributed by atoms with Crippen LogP contribution in [0.5, 0.6) is 0 Å². The second-order valence-corrected chi connectivity index (χ2v) is 9.74. The van der Waals surface area contributed by atoms with Crippen molar-refractivity contribution in [3.05, 3.63) is 135 Å². The zero-order valence-electron chi connectivity index (χ0n) is 19.6. The molecule has 0 unspecified atom stereocenters. The van der Waals surface area contributed by atoms with Crippen LogP contribution in [0.15, 0.2) is 118 Å². The third-order valence-corrected chi connectivity index (χ3v) is 7.05. The average molecular weight is 549 g/mol. The molecule has 0 saturated heterocycles. The Morgan fingerprint density at radius 1 is 0.892 bits per heavy atom. The molecule has 0 bridgehead atoms. The van der Waals surface area contributed by atoms with Gasteiger partial charge in [0.1, 0.15) is 0 Å². The number of rotatable bonds is 4. The van der Waals surface area contributed by atoms with Crippen molar-refractivity contribution in [2.24, 2.45) is 5.10 Å². The highest BCUT2D eigenvalue weighted by molar-refractivity contribution is 9.10. The number of aromatic nitrogens is 2. The molecule has 0 fully saturated rings. The van der Waals surface area contributed by atoms with E-state index in [2.05, 4.69) is 25.9 Å². The summed E-state index contributed by atoms with van der Waals surface area (Å²) >= 11 is 3.58. The molecule has 0 radical (unpaired) electrons. The number of H-pyrrole nitrogens is 1. The Labute approximate surface area is 221 Å². The number of nitrogens with zero attached hydrogens (tertiary/aromatic N) is 3. The number of carbonyl (C=O) groups is 1. The SMILES string of the molecule is O=C(c1ccncc1)N1N=C(c2c(-c3ccccc3)c3cc(Br)ccc3[nH]c2=O)C[C@H]1c1ccccc1. The molecule has 0 saturated carbocycles. The van der Waals surface area contributed by atoms with Gasteiger partial charge in [-0.05, 0) is 41.5 Å². The van der Waals surface area contributed by atoms with Crippen molar-refractivity contribution in [3.63, 3.8) is 0 Å². The van der Waals surface area contributed by atoms with Crippen molar-refractivity contribution in [3.8, 4) is 11.1 Å². The van der Waals surface area contributed by atoms with E-state index in [0.717, 1.165) is 32.1 Å². The Morgan fingerprint density at radius 2 is 1.59 bits per heavy atom. The highest BCUT2D eigenvalue weighted by Crippen LogP contribution is 2.38. The van der Waals surface area contributed by atoms with E-state index < -0.39 is 0 Å². The van der Waals surface area contributed by atoms with Crippen LogP contribution in [0.1, 0.15) is 33.9 Å². The Kier molecular flexibility index (Phi) is 5.98. The van der Waals surface area contributed by atoms with Crippen molar-refractivity contribution in [2.75, 3.05) is 0 Å². The summed E-state index contributed by atoms with van der Waals surface area (Å²) in [7, 11) is 0. The summed E-state index contributed by atoms with van der Waals surface area (Å²) in [6.07, 6.45) is 3.58. The molecule has 6 rings (SSSR count). The minimum atomic E-state index is -0.349. The predicted octanol–water partition coefficient (Wildman–Crippen LogP) is 6.34. The second-order valence-electron chi connectivity index (χ2n) is 8.82. The van der Waals surface area contributed by atoms with E-state index in [4.69, 9.17) is 5.10 Å². The van der Waals surface area contributed by atoms with Crippen LogP contribution in [0, 0.1) is 0 Å². The maximum atomic E-state index is 13.6. The molecular formula is C30H21BrN4O2. The highest BCUT2D eigenvalue weighted by Gasteiger charge is 2.35. The lowest BCUT2D eigenvalue weighted by Gasteiger charge is -2.22. The van der Waals surface area contributed by atoms with Crippen LogP contribution >= 0.6 is 15.9 Å². The van der Waals surface area contributed by atoms with Gasteiger partial charge in [-0.25, -0.2) is 5.01 Å². The minimum Gasteiger partial charge on any atom is -0.321 e. The van der Waals surface area contributed by atoms with Crippen molar-refractivity contribution in [2.45, 2.75) is 12.5 Å². The van der Waals surface area contributed by atoms with Gasteiger partial charge in [-0.1, -0.05) is 76.6 Å². The van der Waals surface area contributed by atoms with Crippen LogP contribution in [-0.4, -0.2) is 26.6 Å². The van der Waals surface area contributed by atoms with Crippen LogP contribution < -0.4 is 5.56 Å². The molecule has 2 aromatic heterocycles. The number of hydrogen-bond donors (Lipinski definition) is 1. The zero-order valence-corrected chi connectivity index (χ0v) is 21.2. The zero-order chi connectivity index (χ0) is 25.4. The third kappa shape index (κ3) is 4.27. The molecule has 0 spiro atoms. The average Bonchev–Trinajstić information content (AvgIpc) is 3.38. The number of halogens is 1. The van der Waals surface area contributed by atoms with Gasteiger partial charge in [0.05, 0.1) is 17.3 Å². The maximum absolute atomic E-state index is 13.6. The predicted molar refractivity (Wildman–Crippen MR) is 148 cm³/mol. The molecule has 1 N–H and O–H groups in total. The van der Waals surface area contributed by atoms with Gasteiger partial charge in [0, 0.05) is 45.3 Å². The van der Waals surface area contributed by atoms with Crippen molar-refractivity contribution in [1.82, 2.24) is 15.0 Å². The van der Waals surface area contributed by atoms with Gasteiger partial charge in [0.2, 0.25) is 0 Å². The van der Waals surface area contributed by atoms with Crippen LogP contribution in [-0.2, 0) is 0 Å². The van der Waals surface area contributed by atoms with E-state index in [1.807, 2.05) is 78.9 Å². The molecule has 1 atom stereocenters. The van der Waals surface area contributed by atoms with Crippen molar-refractivity contribution < 1.29 is 4.79 Å². The fraction of sp³-hybridized carbons (Fsp3) is 0.0667. The van der Waals surface area contributed by atoms with Gasteiger partial charge in [-0.3, -0.25) is 14.6 Å². The first-order valence-corrected chi connectivity index (χ1v) is 12.7. The summed E-state index contributed by atoms with van der Waals surface area (Å²) in [5.74, 6) is -0.243. The van der Waals surface area contributed by atoms with E-state index in [1.54, 1.807) is 24.5 Å². The summed E-state index contributed by atoms with van der Waals surface area (Å²) in [5, 5.41) is 7.21. The smallest absolute Gasteiger partial charge is 0.274 e. The number of amides is 1. The lowest BCUT2D eigenvalue weighted by Crippen LogP contribution is -2.27. The number of aromatic amines is 1. The Balaban J connectivity index is 1.58. The van der Waals surface area contributed by atoms with Crippen LogP contribution in [0.3, 0.4) is 0 Å². The van der Waals surface area contributed by atoms with E-state index in [-0.39, 0.29) is 17.5 Å². The van der Waals surface area contributed by atoms with E-state index in [0.29, 0.717) is 23.3 Å². The number of benzene rings is 3. The molecule has 1 aliphatic rings. The summed E-state index contributed by atoms with van der Waals surface area (Å²) in [6.45, 7) is 0. The maximum Gasteiger partial charge on any atom is 0.274 e. The van der Waals surface area contributed by atoms with Crippen LogP contribution in [0.2, 0.25) is 0 Å². The number of pyridine rings is 2. The summed E-state index contributed by atoms with van der Waals surface area (Å²) < 4.78 is 0.903. The van der Waals surface area contributed by atoms with Crippen molar-refractivity contribution >= 4 is 38.5 Å². The van der Waals surface area contributed by atoms with Gasteiger partial charge in [0.15, 0.2) is 0 Å². The first-order valence-electron chi connectivity index (χ1n) is 11.9. The fourth-order valence-electron chi connectivity index (χ4n) is 4.86. The largest absolute Gasteiger partial charge is 0.321 e. The molecule has 180 valence electrons. The molecule has 3 heterocycles. The minimum absolute atomic E-state index is 0.238. The molecule has 6 nitrogen and oxygen atoms in total. The van der Waals surface area contributed by atoms with E-state index in [1.165, 1.54) is 5.01 Å². The Morgan fingerprint density at radius 3 is 2.32 bits per heavy atom. The van der Waals surface area contributed by atoms with Gasteiger partial charge in [-0.15, -0.1) is 0 Å². The number of fused-ring (bicyclic) bond motifs is 1. The number of carbonyl (C=O) groups excluding carboxylic acids is 1. The van der Waals surface area contributed by atoms with Crippen molar-refractivity contribution in [1.29, 1.82) is 0 Å². The first kappa shape index (κ1) is 23.1. The monoisotopic (exact) mass is 548 g/mol. The van der Waals surface area contributed by atoms with E-state index >= 15 is 0 Å². The summed E-state index contributed by atoms with van der Waals surface area (Å²) in [6, 6.07) is 28.4. The number of nitrogens with one attached hydrogen (secondary N) is 1. The summed E-state index contributed by atoms with van der Waals surface area (Å²) in [5.41, 5.74) is 4.68. The Hall–Kier alpha value is -4.36. The van der Waals surface area contributed by atoms with Crippen LogP contribution in [0.4, 0.5) is 0 Å². The molecule has 0 aliphatic carbocycles. The molecule has 37 heavy (non-hydrogen) atoms. The van der Waals surface area contributed by atoms with Crippen LogP contribution in [0.25, 0.3) is 22.0 Å². The molecular weight excluding hydrogens is 528 g/mol. The molecule has 5 aromatic rings. The molecule has 7 heteroatoms. The van der Waals surface area contributed by atoms with Gasteiger partial charge >= 0.3 is 0 Å². The molecule has 1 aliphatic heterocycles. The highest BCUT2D eigenvalue weighted by atomic mass is 79.9. The normalized spacial score (nSPS) is 15.1. The third-order valence-electron chi connectivity index (χ3n) is 6.56. The molecule has 1 amide bonds. The molecule has 3 aromatic carbocycles. The van der Waals surface area contributed by atoms with Gasteiger partial charge < -0.3 is 4.98 Å². The standard InChI is InChI=1S/C30H21BrN4O2/c31-22-11-12-24-23(17-22)27(20-9-5-2-6-10-20)28(29(36)33-24)25-18-26(19-7-3-1-4-8-19)35(34-25)30(37)21-13-15-32-16-14-21/h1-17,26H,18H2,(H,33,36)/t26-/m0/s1. The second kappa shape index (κ2) is 9.59. The van der Waals surface area contributed by atoms with Gasteiger partial charge in [0.25, 0.3) is 11.5 Å². The summed E-state index contributed by atoms with van der Waals surface area (Å²) in [4.78, 5) is 34.3. The topological polar surface area (TPSA) is 78.4 Å². The number of hydrogen-bond acceptors (Lipinski definition) is 4. The first-order chi connectivity index (χ1) is 18.1. The fourth-order valence-corrected chi connectivity index (χ4v) is 5.22. The van der Waals surface area contributed by atoms with E-state index in [9.17, 15) is 9.59 Å². The quantitative estimate of drug-likeness (QED) is 0.284. The van der Waals surface area contributed by atoms with Gasteiger partial charge in [-0.2, -0.15) is 5.10 Å². The Bertz CT molecular complexity index is 1700. The lowest BCUT2D eigenvalue weighted by atomic mass is 9.91. The lowest BCUT2D eigenvalue weighted by molar-refractivity contribution is 0.0711. The number of hydrazone groups is 1.